The Morgan fingerprint density at radius 1 is 1.54 bits per heavy atom. The molecule has 0 aliphatic heterocycles. The van der Waals surface area contributed by atoms with Crippen molar-refractivity contribution < 1.29 is 4.42 Å². The lowest BCUT2D eigenvalue weighted by Gasteiger charge is -2.05. The second-order valence-corrected chi connectivity index (χ2v) is 3.75. The van der Waals surface area contributed by atoms with E-state index < -0.39 is 0 Å². The maximum atomic E-state index is 5.93. The van der Waals surface area contributed by atoms with E-state index in [0.717, 1.165) is 10.4 Å². The first-order valence-electron chi connectivity index (χ1n) is 3.68. The number of halogens is 1. The lowest BCUT2D eigenvalue weighted by atomic mass is 10.1. The number of hydrogen-bond acceptors (Lipinski definition) is 4. The van der Waals surface area contributed by atoms with E-state index in [-0.39, 0.29) is 6.04 Å². The molecule has 2 heterocycles. The Morgan fingerprint density at radius 2 is 2.38 bits per heavy atom. The van der Waals surface area contributed by atoms with Crippen molar-refractivity contribution in [2.75, 3.05) is 0 Å². The minimum absolute atomic E-state index is 0.237. The molecule has 5 heteroatoms. The fourth-order valence-corrected chi connectivity index (χ4v) is 1.90. The molecule has 2 aromatic rings. The van der Waals surface area contributed by atoms with Crippen LogP contribution < -0.4 is 5.73 Å². The molecule has 0 aromatic carbocycles. The van der Waals surface area contributed by atoms with Crippen molar-refractivity contribution in [1.29, 1.82) is 0 Å². The Bertz CT molecular complexity index is 385. The van der Waals surface area contributed by atoms with Crippen molar-refractivity contribution in [3.63, 3.8) is 0 Å². The van der Waals surface area contributed by atoms with E-state index >= 15 is 0 Å². The van der Waals surface area contributed by atoms with Gasteiger partial charge in [-0.05, 0) is 35.3 Å². The smallest absolute Gasteiger partial charge is 0.198 e. The third kappa shape index (κ3) is 1.60. The van der Waals surface area contributed by atoms with E-state index in [1.807, 2.05) is 6.07 Å². The predicted octanol–water partition coefficient (Wildman–Crippen LogP) is 2.44. The Balaban J connectivity index is 2.33. The van der Waals surface area contributed by atoms with E-state index in [1.54, 1.807) is 12.3 Å². The molecule has 2 N–H and O–H groups in total. The maximum Gasteiger partial charge on any atom is 0.198 e. The largest absolute Gasteiger partial charge is 0.453 e. The van der Waals surface area contributed by atoms with E-state index in [4.69, 9.17) is 21.8 Å². The molecule has 0 saturated carbocycles. The van der Waals surface area contributed by atoms with Crippen molar-refractivity contribution in [1.82, 2.24) is 4.37 Å². The average molecular weight is 215 g/mol. The van der Waals surface area contributed by atoms with Gasteiger partial charge in [-0.25, -0.2) is 4.37 Å². The molecule has 2 rings (SSSR count). The molecule has 1 unspecified atom stereocenters. The highest BCUT2D eigenvalue weighted by Gasteiger charge is 2.15. The number of aromatic nitrogens is 1. The Morgan fingerprint density at radius 3 is 2.92 bits per heavy atom. The summed E-state index contributed by atoms with van der Waals surface area (Å²) in [7, 11) is 0. The fourth-order valence-electron chi connectivity index (χ4n) is 1.07. The minimum Gasteiger partial charge on any atom is -0.453 e. The molecular formula is C8H7ClN2OS. The summed E-state index contributed by atoms with van der Waals surface area (Å²) in [4.78, 5) is 0.975. The summed E-state index contributed by atoms with van der Waals surface area (Å²) in [6.07, 6.45) is 3.24. The second-order valence-electron chi connectivity index (χ2n) is 2.54. The molecule has 3 nitrogen and oxygen atoms in total. The first-order chi connectivity index (χ1) is 6.29. The van der Waals surface area contributed by atoms with Gasteiger partial charge in [-0.1, -0.05) is 0 Å². The first kappa shape index (κ1) is 8.74. The van der Waals surface area contributed by atoms with Crippen LogP contribution in [0.1, 0.15) is 16.5 Å². The highest BCUT2D eigenvalue weighted by atomic mass is 35.5. The molecule has 0 spiro atoms. The molecule has 0 saturated heterocycles. The zero-order valence-corrected chi connectivity index (χ0v) is 8.18. The maximum absolute atomic E-state index is 5.93. The number of hydrogen-bond donors (Lipinski definition) is 1. The fraction of sp³-hybridized carbons (Fsp3) is 0.125. The van der Waals surface area contributed by atoms with Gasteiger partial charge < -0.3 is 10.2 Å². The zero-order chi connectivity index (χ0) is 9.26. The van der Waals surface area contributed by atoms with Crippen LogP contribution in [0.3, 0.4) is 0 Å². The van der Waals surface area contributed by atoms with E-state index in [1.165, 1.54) is 17.8 Å². The minimum atomic E-state index is -0.237. The zero-order valence-electron chi connectivity index (χ0n) is 6.61. The van der Waals surface area contributed by atoms with Crippen LogP contribution >= 0.6 is 23.1 Å². The molecule has 13 heavy (non-hydrogen) atoms. The summed E-state index contributed by atoms with van der Waals surface area (Å²) in [6.45, 7) is 0. The van der Waals surface area contributed by atoms with Crippen LogP contribution in [0.25, 0.3) is 0 Å². The number of nitrogens with two attached hydrogens (primary N) is 1. The molecule has 0 fully saturated rings. The summed E-state index contributed by atoms with van der Waals surface area (Å²) in [6, 6.07) is 3.41. The quantitative estimate of drug-likeness (QED) is 0.836. The van der Waals surface area contributed by atoms with Crippen molar-refractivity contribution in [2.24, 2.45) is 5.73 Å². The van der Waals surface area contributed by atoms with Crippen LogP contribution in [-0.4, -0.2) is 4.37 Å². The summed E-state index contributed by atoms with van der Waals surface area (Å²) in [5.74, 6) is 0. The second kappa shape index (κ2) is 3.49. The van der Waals surface area contributed by atoms with Crippen molar-refractivity contribution in [3.8, 4) is 0 Å². The lowest BCUT2D eigenvalue weighted by molar-refractivity contribution is 0.564. The van der Waals surface area contributed by atoms with Crippen LogP contribution in [0.2, 0.25) is 5.22 Å². The molecule has 0 aliphatic rings. The van der Waals surface area contributed by atoms with Crippen molar-refractivity contribution in [2.45, 2.75) is 6.04 Å². The number of nitrogens with zero attached hydrogens (tertiary/aromatic N) is 1. The summed E-state index contributed by atoms with van der Waals surface area (Å²) >= 11 is 7.15. The molecular weight excluding hydrogens is 208 g/mol. The van der Waals surface area contributed by atoms with Gasteiger partial charge in [0, 0.05) is 16.6 Å². The molecule has 0 radical (unpaired) electrons. The van der Waals surface area contributed by atoms with Gasteiger partial charge in [0.2, 0.25) is 0 Å². The lowest BCUT2D eigenvalue weighted by Crippen LogP contribution is -2.09. The van der Waals surface area contributed by atoms with Gasteiger partial charge in [0.15, 0.2) is 5.22 Å². The van der Waals surface area contributed by atoms with Crippen LogP contribution in [0.4, 0.5) is 0 Å². The highest BCUT2D eigenvalue weighted by molar-refractivity contribution is 7.05. The molecule has 1 atom stereocenters. The van der Waals surface area contributed by atoms with Gasteiger partial charge in [0.1, 0.15) is 0 Å². The van der Waals surface area contributed by atoms with E-state index in [9.17, 15) is 0 Å². The van der Waals surface area contributed by atoms with Gasteiger partial charge in [-0.3, -0.25) is 0 Å². The summed E-state index contributed by atoms with van der Waals surface area (Å²) in [5, 5.41) is 0.348. The molecule has 0 bridgehead atoms. The van der Waals surface area contributed by atoms with Gasteiger partial charge in [-0.15, -0.1) is 0 Å². The Hall–Kier alpha value is -0.840. The third-order valence-electron chi connectivity index (χ3n) is 1.75. The summed E-state index contributed by atoms with van der Waals surface area (Å²) in [5.41, 5.74) is 6.73. The van der Waals surface area contributed by atoms with Crippen LogP contribution in [0.15, 0.2) is 29.0 Å². The monoisotopic (exact) mass is 214 g/mol. The van der Waals surface area contributed by atoms with Crippen molar-refractivity contribution >= 4 is 23.1 Å². The highest BCUT2D eigenvalue weighted by Crippen LogP contribution is 2.28. The SMILES string of the molecule is NC(c1ccns1)c1ccoc1Cl. The molecule has 0 aliphatic carbocycles. The topological polar surface area (TPSA) is 52.0 Å². The third-order valence-corrected chi connectivity index (χ3v) is 2.88. The van der Waals surface area contributed by atoms with E-state index in [2.05, 4.69) is 4.37 Å². The molecule has 2 aromatic heterocycles. The Labute approximate surface area is 84.3 Å². The standard InChI is InChI=1S/C8H7ClN2OS/c9-8-5(2-4-12-8)7(10)6-1-3-11-13-6/h1-4,7H,10H2. The first-order valence-corrected chi connectivity index (χ1v) is 4.83. The van der Waals surface area contributed by atoms with Crippen LogP contribution in [-0.2, 0) is 0 Å². The number of rotatable bonds is 2. The van der Waals surface area contributed by atoms with Crippen LogP contribution in [0, 0.1) is 0 Å². The predicted molar refractivity (Wildman–Crippen MR) is 51.9 cm³/mol. The summed E-state index contributed by atoms with van der Waals surface area (Å²) < 4.78 is 8.92. The molecule has 68 valence electrons. The van der Waals surface area contributed by atoms with Gasteiger partial charge >= 0.3 is 0 Å². The van der Waals surface area contributed by atoms with Gasteiger partial charge in [0.25, 0.3) is 0 Å². The molecule has 0 amide bonds. The normalized spacial score (nSPS) is 13.1. The van der Waals surface area contributed by atoms with E-state index in [0.29, 0.717) is 5.22 Å². The Kier molecular flexibility index (Phi) is 2.35. The van der Waals surface area contributed by atoms with Crippen molar-refractivity contribution in [3.05, 3.63) is 40.3 Å². The average Bonchev–Trinajstić information content (AvgIpc) is 2.72. The van der Waals surface area contributed by atoms with Gasteiger partial charge in [0.05, 0.1) is 12.3 Å². The van der Waals surface area contributed by atoms with Crippen LogP contribution in [0.5, 0.6) is 0 Å². The van der Waals surface area contributed by atoms with Gasteiger partial charge in [-0.2, -0.15) is 0 Å². The number of furan rings is 1.